The maximum atomic E-state index is 12.7. The number of fused-ring (bicyclic) bond motifs is 2. The summed E-state index contributed by atoms with van der Waals surface area (Å²) in [5.41, 5.74) is 1.02. The molecule has 0 aromatic heterocycles. The summed E-state index contributed by atoms with van der Waals surface area (Å²) < 4.78 is 5.85. The van der Waals surface area contributed by atoms with E-state index in [2.05, 4.69) is 16.0 Å². The van der Waals surface area contributed by atoms with E-state index in [0.717, 1.165) is 49.8 Å². The van der Waals surface area contributed by atoms with Gasteiger partial charge in [0.1, 0.15) is 11.8 Å². The van der Waals surface area contributed by atoms with E-state index in [0.29, 0.717) is 19.4 Å². The third kappa shape index (κ3) is 6.75. The molecule has 7 nitrogen and oxygen atoms in total. The molecule has 3 N–H and O–H groups in total. The number of carbonyl (C=O) groups is 3. The van der Waals surface area contributed by atoms with Gasteiger partial charge >= 0.3 is 0 Å². The molecule has 2 unspecified atom stereocenters. The number of hydrogen-bond donors (Lipinski definition) is 3. The predicted molar refractivity (Wildman–Crippen MR) is 114 cm³/mol. The molecule has 2 atom stereocenters. The molecule has 164 valence electrons. The second-order valence-corrected chi connectivity index (χ2v) is 8.42. The number of amides is 3. The Morgan fingerprint density at radius 2 is 1.87 bits per heavy atom. The molecular formula is C23H33N3O4. The number of nitrogens with one attached hydrogen (secondary N) is 3. The van der Waals surface area contributed by atoms with E-state index in [-0.39, 0.29) is 36.2 Å². The maximum absolute atomic E-state index is 12.7. The fourth-order valence-electron chi connectivity index (χ4n) is 4.08. The summed E-state index contributed by atoms with van der Waals surface area (Å²) in [6.07, 6.45) is 6.90. The Morgan fingerprint density at radius 1 is 1.10 bits per heavy atom. The molecule has 1 fully saturated rings. The van der Waals surface area contributed by atoms with Crippen LogP contribution in [0.25, 0.3) is 0 Å². The number of rotatable bonds is 2. The largest absolute Gasteiger partial charge is 0.494 e. The van der Waals surface area contributed by atoms with Crippen molar-refractivity contribution in [2.24, 2.45) is 5.92 Å². The van der Waals surface area contributed by atoms with Crippen LogP contribution in [0, 0.1) is 5.92 Å². The van der Waals surface area contributed by atoms with Crippen molar-refractivity contribution in [3.63, 3.8) is 0 Å². The molecule has 0 spiro atoms. The van der Waals surface area contributed by atoms with Crippen molar-refractivity contribution in [1.29, 1.82) is 0 Å². The smallest absolute Gasteiger partial charge is 0.242 e. The van der Waals surface area contributed by atoms with Gasteiger partial charge in [-0.2, -0.15) is 0 Å². The fourth-order valence-corrected chi connectivity index (χ4v) is 4.08. The highest BCUT2D eigenvalue weighted by atomic mass is 16.5. The molecule has 30 heavy (non-hydrogen) atoms. The Balaban J connectivity index is 1.65. The topological polar surface area (TPSA) is 96.5 Å². The molecule has 0 radical (unpaired) electrons. The molecule has 2 aliphatic rings. The fraction of sp³-hybridized carbons (Fsp3) is 0.609. The number of hydrogen-bond acceptors (Lipinski definition) is 4. The monoisotopic (exact) mass is 415 g/mol. The highest BCUT2D eigenvalue weighted by Gasteiger charge is 2.25. The lowest BCUT2D eigenvalue weighted by Gasteiger charge is -2.22. The standard InChI is InChI=1S/C23H33N3O4/c1-16-13-17-7-6-10-19(14-17)30-12-5-4-11-20(26-21(27)15-24-22(16)28)23(29)25-18-8-2-3-9-18/h6-7,10,14,16,18,20H,2-5,8-9,11-13,15H2,1H3,(H,24,28)(H,25,29)(H,26,27). The van der Waals surface area contributed by atoms with Crippen molar-refractivity contribution in [2.75, 3.05) is 13.2 Å². The molecule has 1 aromatic rings. The first-order valence-corrected chi connectivity index (χ1v) is 11.1. The van der Waals surface area contributed by atoms with Gasteiger partial charge in [-0.25, -0.2) is 0 Å². The van der Waals surface area contributed by atoms with Crippen LogP contribution in [-0.2, 0) is 20.8 Å². The summed E-state index contributed by atoms with van der Waals surface area (Å²) in [4.78, 5) is 37.5. The average Bonchev–Trinajstić information content (AvgIpc) is 3.23. The average molecular weight is 416 g/mol. The Morgan fingerprint density at radius 3 is 2.67 bits per heavy atom. The Kier molecular flexibility index (Phi) is 8.11. The van der Waals surface area contributed by atoms with Crippen molar-refractivity contribution >= 4 is 17.7 Å². The van der Waals surface area contributed by atoms with E-state index in [9.17, 15) is 14.4 Å². The van der Waals surface area contributed by atoms with Crippen molar-refractivity contribution in [2.45, 2.75) is 70.4 Å². The SMILES string of the molecule is CC1Cc2cccc(c2)OCCCCC(C(=O)NC2CCCC2)NC(=O)CNC1=O. The third-order valence-electron chi connectivity index (χ3n) is 5.82. The van der Waals surface area contributed by atoms with Crippen molar-refractivity contribution in [3.8, 4) is 5.75 Å². The summed E-state index contributed by atoms with van der Waals surface area (Å²) in [5, 5.41) is 8.57. The minimum atomic E-state index is -0.594. The van der Waals surface area contributed by atoms with Gasteiger partial charge in [-0.3, -0.25) is 14.4 Å². The summed E-state index contributed by atoms with van der Waals surface area (Å²) in [5.74, 6) is -0.147. The van der Waals surface area contributed by atoms with E-state index < -0.39 is 6.04 Å². The normalized spacial score (nSPS) is 24.4. The van der Waals surface area contributed by atoms with E-state index in [4.69, 9.17) is 4.74 Å². The lowest BCUT2D eigenvalue weighted by atomic mass is 10.00. The molecule has 1 aliphatic heterocycles. The van der Waals surface area contributed by atoms with Crippen LogP contribution in [0.1, 0.15) is 57.4 Å². The van der Waals surface area contributed by atoms with E-state index in [1.54, 1.807) is 0 Å². The van der Waals surface area contributed by atoms with Crippen molar-refractivity contribution in [1.82, 2.24) is 16.0 Å². The summed E-state index contributed by atoms with van der Waals surface area (Å²) >= 11 is 0. The number of benzene rings is 1. The van der Waals surface area contributed by atoms with Crippen LogP contribution in [0.5, 0.6) is 5.75 Å². The van der Waals surface area contributed by atoms with Gasteiger partial charge in [-0.15, -0.1) is 0 Å². The molecule has 1 saturated carbocycles. The van der Waals surface area contributed by atoms with Gasteiger partial charge in [0.2, 0.25) is 17.7 Å². The predicted octanol–water partition coefficient (Wildman–Crippen LogP) is 2.09. The summed E-state index contributed by atoms with van der Waals surface area (Å²) in [6.45, 7) is 2.26. The first-order chi connectivity index (χ1) is 14.5. The highest BCUT2D eigenvalue weighted by Crippen LogP contribution is 2.19. The molecule has 1 aliphatic carbocycles. The number of ether oxygens (including phenoxy) is 1. The molecular weight excluding hydrogens is 382 g/mol. The molecule has 3 amide bonds. The zero-order valence-electron chi connectivity index (χ0n) is 17.7. The van der Waals surface area contributed by atoms with Crippen molar-refractivity contribution < 1.29 is 19.1 Å². The van der Waals surface area contributed by atoms with Crippen LogP contribution >= 0.6 is 0 Å². The van der Waals surface area contributed by atoms with Crippen LogP contribution in [-0.4, -0.2) is 43.0 Å². The zero-order valence-corrected chi connectivity index (χ0v) is 17.7. The Bertz CT molecular complexity index is 746. The molecule has 7 heteroatoms. The van der Waals surface area contributed by atoms with Gasteiger partial charge in [0.25, 0.3) is 0 Å². The first kappa shape index (κ1) is 22.1. The van der Waals surface area contributed by atoms with E-state index >= 15 is 0 Å². The minimum absolute atomic E-state index is 0.125. The lowest BCUT2D eigenvalue weighted by molar-refractivity contribution is -0.131. The van der Waals surface area contributed by atoms with Gasteiger partial charge in [0, 0.05) is 12.0 Å². The van der Waals surface area contributed by atoms with E-state index in [1.165, 1.54) is 0 Å². The van der Waals surface area contributed by atoms with E-state index in [1.807, 2.05) is 31.2 Å². The van der Waals surface area contributed by atoms with Crippen LogP contribution < -0.4 is 20.7 Å². The highest BCUT2D eigenvalue weighted by molar-refractivity contribution is 5.90. The quantitative estimate of drug-likeness (QED) is 0.689. The van der Waals surface area contributed by atoms with Crippen LogP contribution in [0.15, 0.2) is 24.3 Å². The van der Waals surface area contributed by atoms with Crippen LogP contribution in [0.3, 0.4) is 0 Å². The van der Waals surface area contributed by atoms with Gasteiger partial charge < -0.3 is 20.7 Å². The van der Waals surface area contributed by atoms with Crippen molar-refractivity contribution in [3.05, 3.63) is 29.8 Å². The van der Waals surface area contributed by atoms with Gasteiger partial charge in [0.15, 0.2) is 0 Å². The Hall–Kier alpha value is -2.57. The lowest BCUT2D eigenvalue weighted by Crippen LogP contribution is -2.51. The molecule has 1 heterocycles. The maximum Gasteiger partial charge on any atom is 0.242 e. The second kappa shape index (κ2) is 11.0. The molecule has 3 rings (SSSR count). The van der Waals surface area contributed by atoms with Gasteiger partial charge in [0.05, 0.1) is 13.2 Å². The first-order valence-electron chi connectivity index (χ1n) is 11.1. The van der Waals surface area contributed by atoms with Gasteiger partial charge in [-0.05, 0) is 56.2 Å². The van der Waals surface area contributed by atoms with Crippen LogP contribution in [0.2, 0.25) is 0 Å². The summed E-state index contributed by atoms with van der Waals surface area (Å²) in [7, 11) is 0. The molecule has 1 aromatic carbocycles. The molecule has 0 saturated heterocycles. The third-order valence-corrected chi connectivity index (χ3v) is 5.82. The summed E-state index contributed by atoms with van der Waals surface area (Å²) in [6, 6.07) is 7.37. The van der Waals surface area contributed by atoms with Crippen LogP contribution in [0.4, 0.5) is 0 Å². The minimum Gasteiger partial charge on any atom is -0.494 e. The second-order valence-electron chi connectivity index (χ2n) is 8.42. The number of carbonyl (C=O) groups excluding carboxylic acids is 3. The van der Waals surface area contributed by atoms with Gasteiger partial charge in [-0.1, -0.05) is 31.9 Å². The molecule has 2 bridgehead atoms. The Labute approximate surface area is 178 Å². The zero-order chi connectivity index (χ0) is 21.3.